The zero-order valence-electron chi connectivity index (χ0n) is 12.1. The van der Waals surface area contributed by atoms with Gasteiger partial charge >= 0.3 is 0 Å². The van der Waals surface area contributed by atoms with Crippen molar-refractivity contribution in [1.29, 1.82) is 0 Å². The number of nitrogens with zero attached hydrogens (tertiary/aromatic N) is 3. The van der Waals surface area contributed by atoms with Crippen molar-refractivity contribution in [3.8, 4) is 0 Å². The van der Waals surface area contributed by atoms with Gasteiger partial charge < -0.3 is 5.32 Å². The molecule has 102 valence electrons. The van der Waals surface area contributed by atoms with Crippen molar-refractivity contribution in [2.75, 3.05) is 6.54 Å². The summed E-state index contributed by atoms with van der Waals surface area (Å²) in [4.78, 5) is 0. The molecule has 1 aliphatic rings. The van der Waals surface area contributed by atoms with Crippen LogP contribution in [0, 0.1) is 11.8 Å². The molecule has 1 saturated carbocycles. The fraction of sp³-hybridized carbons (Fsp3) is 0.857. The van der Waals surface area contributed by atoms with Crippen LogP contribution in [0.3, 0.4) is 0 Å². The van der Waals surface area contributed by atoms with E-state index in [4.69, 9.17) is 0 Å². The third kappa shape index (κ3) is 3.10. The van der Waals surface area contributed by atoms with Gasteiger partial charge in [0.1, 0.15) is 0 Å². The van der Waals surface area contributed by atoms with Crippen LogP contribution in [0.5, 0.6) is 0 Å². The minimum absolute atomic E-state index is 0.565. The fourth-order valence-electron chi connectivity index (χ4n) is 3.07. The lowest BCUT2D eigenvalue weighted by Crippen LogP contribution is -2.35. The van der Waals surface area contributed by atoms with Gasteiger partial charge in [0.25, 0.3) is 0 Å². The van der Waals surface area contributed by atoms with Gasteiger partial charge in [-0.15, -0.1) is 5.10 Å². The fourth-order valence-corrected chi connectivity index (χ4v) is 3.07. The molecule has 2 rings (SSSR count). The SMILES string of the molecule is CC1CCC(CNC(C)C)C(c2cnnn2C)C1. The van der Waals surface area contributed by atoms with Crippen LogP contribution in [0.25, 0.3) is 0 Å². The monoisotopic (exact) mass is 250 g/mol. The first-order chi connectivity index (χ1) is 8.58. The molecule has 18 heavy (non-hydrogen) atoms. The Bertz CT molecular complexity index is 372. The van der Waals surface area contributed by atoms with Crippen LogP contribution in [-0.2, 0) is 7.05 Å². The van der Waals surface area contributed by atoms with E-state index in [2.05, 4.69) is 36.4 Å². The topological polar surface area (TPSA) is 42.7 Å². The number of aryl methyl sites for hydroxylation is 1. The Balaban J connectivity index is 2.09. The largest absolute Gasteiger partial charge is 0.314 e. The Morgan fingerprint density at radius 3 is 2.83 bits per heavy atom. The Morgan fingerprint density at radius 1 is 1.44 bits per heavy atom. The minimum Gasteiger partial charge on any atom is -0.314 e. The van der Waals surface area contributed by atoms with Crippen LogP contribution in [0.4, 0.5) is 0 Å². The third-order valence-corrected chi connectivity index (χ3v) is 4.17. The Hall–Kier alpha value is -0.900. The lowest BCUT2D eigenvalue weighted by Gasteiger charge is -2.35. The minimum atomic E-state index is 0.565. The summed E-state index contributed by atoms with van der Waals surface area (Å²) in [6, 6.07) is 0.565. The van der Waals surface area contributed by atoms with Gasteiger partial charge in [0.2, 0.25) is 0 Å². The van der Waals surface area contributed by atoms with Gasteiger partial charge in [0.05, 0.1) is 11.9 Å². The van der Waals surface area contributed by atoms with E-state index in [1.165, 1.54) is 25.0 Å². The highest BCUT2D eigenvalue weighted by Gasteiger charge is 2.31. The highest BCUT2D eigenvalue weighted by Crippen LogP contribution is 2.39. The second kappa shape index (κ2) is 5.83. The van der Waals surface area contributed by atoms with Gasteiger partial charge in [-0.25, -0.2) is 0 Å². The van der Waals surface area contributed by atoms with E-state index in [0.29, 0.717) is 12.0 Å². The molecule has 4 heteroatoms. The van der Waals surface area contributed by atoms with Crippen LogP contribution in [0.15, 0.2) is 6.20 Å². The van der Waals surface area contributed by atoms with E-state index in [1.807, 2.05) is 17.9 Å². The number of aromatic nitrogens is 3. The van der Waals surface area contributed by atoms with E-state index in [0.717, 1.165) is 18.4 Å². The van der Waals surface area contributed by atoms with Gasteiger partial charge in [-0.05, 0) is 31.2 Å². The first-order valence-electron chi connectivity index (χ1n) is 7.16. The van der Waals surface area contributed by atoms with Gasteiger partial charge in [-0.2, -0.15) is 0 Å². The molecule has 0 bridgehead atoms. The number of hydrogen-bond donors (Lipinski definition) is 1. The van der Waals surface area contributed by atoms with E-state index in [9.17, 15) is 0 Å². The van der Waals surface area contributed by atoms with Crippen LogP contribution in [-0.4, -0.2) is 27.6 Å². The number of hydrogen-bond acceptors (Lipinski definition) is 3. The molecular weight excluding hydrogens is 224 g/mol. The van der Waals surface area contributed by atoms with Crippen molar-refractivity contribution in [2.45, 2.75) is 52.0 Å². The molecule has 1 aliphatic carbocycles. The summed E-state index contributed by atoms with van der Waals surface area (Å²) in [5.41, 5.74) is 1.30. The molecule has 0 aromatic carbocycles. The zero-order valence-corrected chi connectivity index (χ0v) is 12.1. The third-order valence-electron chi connectivity index (χ3n) is 4.17. The van der Waals surface area contributed by atoms with E-state index in [-0.39, 0.29) is 0 Å². The lowest BCUT2D eigenvalue weighted by atomic mass is 9.73. The summed E-state index contributed by atoms with van der Waals surface area (Å²) in [7, 11) is 2.01. The molecule has 4 nitrogen and oxygen atoms in total. The Labute approximate surface area is 110 Å². The van der Waals surface area contributed by atoms with Crippen molar-refractivity contribution in [3.05, 3.63) is 11.9 Å². The molecule has 1 N–H and O–H groups in total. The Kier molecular flexibility index (Phi) is 4.38. The maximum Gasteiger partial charge on any atom is 0.0728 e. The number of nitrogens with one attached hydrogen (secondary N) is 1. The summed E-state index contributed by atoms with van der Waals surface area (Å²) < 4.78 is 1.95. The van der Waals surface area contributed by atoms with Crippen molar-refractivity contribution < 1.29 is 0 Å². The summed E-state index contributed by atoms with van der Waals surface area (Å²) in [5.74, 6) is 2.15. The average molecular weight is 250 g/mol. The van der Waals surface area contributed by atoms with Crippen molar-refractivity contribution in [3.63, 3.8) is 0 Å². The molecule has 3 atom stereocenters. The molecule has 0 aliphatic heterocycles. The second-order valence-electron chi connectivity index (χ2n) is 6.13. The van der Waals surface area contributed by atoms with Gasteiger partial charge in [0.15, 0.2) is 0 Å². The van der Waals surface area contributed by atoms with Crippen molar-refractivity contribution in [1.82, 2.24) is 20.3 Å². The quantitative estimate of drug-likeness (QED) is 0.892. The predicted molar refractivity (Wildman–Crippen MR) is 73.4 cm³/mol. The van der Waals surface area contributed by atoms with Gasteiger partial charge in [-0.3, -0.25) is 4.68 Å². The predicted octanol–water partition coefficient (Wildman–Crippen LogP) is 2.33. The molecule has 1 heterocycles. The number of rotatable bonds is 4. The summed E-state index contributed by atoms with van der Waals surface area (Å²) in [6.07, 6.45) is 5.89. The van der Waals surface area contributed by atoms with Crippen LogP contribution in [0.1, 0.15) is 51.6 Å². The maximum absolute atomic E-state index is 4.09. The lowest BCUT2D eigenvalue weighted by molar-refractivity contribution is 0.231. The normalized spacial score (nSPS) is 28.8. The standard InChI is InChI=1S/C14H26N4/c1-10(2)15-8-12-6-5-11(3)7-13(12)14-9-16-17-18(14)4/h9-13,15H,5-8H2,1-4H3. The van der Waals surface area contributed by atoms with Gasteiger partial charge in [0, 0.05) is 19.0 Å². The smallest absolute Gasteiger partial charge is 0.0728 e. The summed E-state index contributed by atoms with van der Waals surface area (Å²) in [6.45, 7) is 7.90. The van der Waals surface area contributed by atoms with Crippen LogP contribution >= 0.6 is 0 Å². The van der Waals surface area contributed by atoms with E-state index >= 15 is 0 Å². The van der Waals surface area contributed by atoms with Crippen LogP contribution in [0.2, 0.25) is 0 Å². The van der Waals surface area contributed by atoms with Crippen molar-refractivity contribution >= 4 is 0 Å². The molecule has 0 saturated heterocycles. The molecule has 0 amide bonds. The van der Waals surface area contributed by atoms with Crippen molar-refractivity contribution in [2.24, 2.45) is 18.9 Å². The highest BCUT2D eigenvalue weighted by molar-refractivity contribution is 5.07. The molecule has 1 aromatic heterocycles. The molecule has 3 unspecified atom stereocenters. The first-order valence-corrected chi connectivity index (χ1v) is 7.16. The maximum atomic E-state index is 4.09. The molecule has 0 spiro atoms. The molecular formula is C14H26N4. The summed E-state index contributed by atoms with van der Waals surface area (Å²) >= 11 is 0. The van der Waals surface area contributed by atoms with E-state index < -0.39 is 0 Å². The zero-order chi connectivity index (χ0) is 13.1. The summed E-state index contributed by atoms with van der Waals surface area (Å²) in [5, 5.41) is 11.7. The molecule has 0 radical (unpaired) electrons. The second-order valence-corrected chi connectivity index (χ2v) is 6.13. The average Bonchev–Trinajstić information content (AvgIpc) is 2.73. The Morgan fingerprint density at radius 2 is 2.22 bits per heavy atom. The molecule has 1 aromatic rings. The molecule has 1 fully saturated rings. The first kappa shape index (κ1) is 13.5. The van der Waals surface area contributed by atoms with Crippen LogP contribution < -0.4 is 5.32 Å². The van der Waals surface area contributed by atoms with Gasteiger partial charge in [-0.1, -0.05) is 32.4 Å². The van der Waals surface area contributed by atoms with E-state index in [1.54, 1.807) is 0 Å². The highest BCUT2D eigenvalue weighted by atomic mass is 15.4.